The summed E-state index contributed by atoms with van der Waals surface area (Å²) < 4.78 is 0. The highest BCUT2D eigenvalue weighted by Gasteiger charge is 2.17. The Morgan fingerprint density at radius 2 is 1.40 bits per heavy atom. The number of rotatable bonds is 7. The minimum absolute atomic E-state index is 0.0972. The molecule has 0 saturated heterocycles. The van der Waals surface area contributed by atoms with Gasteiger partial charge in [-0.15, -0.1) is 0 Å². The van der Waals surface area contributed by atoms with E-state index in [1.165, 1.54) is 0 Å². The first-order valence-corrected chi connectivity index (χ1v) is 5.42. The molecule has 0 amide bonds. The van der Waals surface area contributed by atoms with Crippen LogP contribution in [-0.2, 0) is 0 Å². The van der Waals surface area contributed by atoms with Gasteiger partial charge in [-0.3, -0.25) is 0 Å². The van der Waals surface area contributed by atoms with Crippen molar-refractivity contribution in [1.82, 2.24) is 5.32 Å². The van der Waals surface area contributed by atoms with Crippen LogP contribution in [0.1, 0.15) is 26.7 Å². The van der Waals surface area contributed by atoms with Crippen molar-refractivity contribution in [2.24, 2.45) is 5.73 Å². The van der Waals surface area contributed by atoms with E-state index in [1.54, 1.807) is 0 Å². The highest BCUT2D eigenvalue weighted by molar-refractivity contribution is 4.78. The topological polar surface area (TPSA) is 98.7 Å². The van der Waals surface area contributed by atoms with Crippen molar-refractivity contribution in [2.45, 2.75) is 32.2 Å². The van der Waals surface area contributed by atoms with Crippen LogP contribution in [-0.4, -0.2) is 53.8 Å². The zero-order valence-corrected chi connectivity index (χ0v) is 9.87. The third-order valence-electron chi connectivity index (χ3n) is 2.30. The molecule has 0 radical (unpaired) electrons. The molecule has 0 spiro atoms. The fourth-order valence-corrected chi connectivity index (χ4v) is 0.757. The summed E-state index contributed by atoms with van der Waals surface area (Å²) in [5.41, 5.74) is 5.33. The molecule has 0 aliphatic rings. The SMILES string of the molecule is CCC(N)(CC)CO.OCCNCCO. The molecule has 6 N–H and O–H groups in total. The second-order valence-corrected chi connectivity index (χ2v) is 3.42. The van der Waals surface area contributed by atoms with E-state index in [4.69, 9.17) is 21.1 Å². The van der Waals surface area contributed by atoms with Crippen LogP contribution in [0.2, 0.25) is 0 Å². The van der Waals surface area contributed by atoms with E-state index in [9.17, 15) is 0 Å². The smallest absolute Gasteiger partial charge is 0.0610 e. The quantitative estimate of drug-likeness (QED) is 0.358. The largest absolute Gasteiger partial charge is 0.395 e. The van der Waals surface area contributed by atoms with Crippen molar-refractivity contribution in [3.8, 4) is 0 Å². The highest BCUT2D eigenvalue weighted by atomic mass is 16.3. The van der Waals surface area contributed by atoms with E-state index in [0.717, 1.165) is 12.8 Å². The van der Waals surface area contributed by atoms with Crippen molar-refractivity contribution < 1.29 is 15.3 Å². The van der Waals surface area contributed by atoms with E-state index in [-0.39, 0.29) is 25.4 Å². The van der Waals surface area contributed by atoms with Gasteiger partial charge in [0.1, 0.15) is 0 Å². The van der Waals surface area contributed by atoms with E-state index >= 15 is 0 Å². The minimum Gasteiger partial charge on any atom is -0.395 e. The van der Waals surface area contributed by atoms with Gasteiger partial charge in [-0.05, 0) is 12.8 Å². The summed E-state index contributed by atoms with van der Waals surface area (Å²) in [5.74, 6) is 0. The molecule has 0 aromatic heterocycles. The summed E-state index contributed by atoms with van der Waals surface area (Å²) in [6.45, 7) is 5.49. The van der Waals surface area contributed by atoms with Crippen LogP contribution in [0.15, 0.2) is 0 Å². The summed E-state index contributed by atoms with van der Waals surface area (Å²) in [5, 5.41) is 27.7. The molecule has 0 rings (SSSR count). The number of nitrogens with one attached hydrogen (secondary N) is 1. The molecule has 0 atom stereocenters. The third kappa shape index (κ3) is 11.7. The minimum atomic E-state index is -0.319. The molecule has 0 fully saturated rings. The van der Waals surface area contributed by atoms with Gasteiger partial charge in [0.15, 0.2) is 0 Å². The third-order valence-corrected chi connectivity index (χ3v) is 2.30. The zero-order chi connectivity index (χ0) is 12.2. The highest BCUT2D eigenvalue weighted by Crippen LogP contribution is 2.08. The van der Waals surface area contributed by atoms with Crippen LogP contribution in [0, 0.1) is 0 Å². The Hall–Kier alpha value is -0.200. The fraction of sp³-hybridized carbons (Fsp3) is 1.00. The lowest BCUT2D eigenvalue weighted by molar-refractivity contribution is 0.187. The molecule has 5 heteroatoms. The molecule has 0 unspecified atom stereocenters. The van der Waals surface area contributed by atoms with Gasteiger partial charge in [0.25, 0.3) is 0 Å². The maximum absolute atomic E-state index is 8.66. The summed E-state index contributed by atoms with van der Waals surface area (Å²) >= 11 is 0. The monoisotopic (exact) mass is 222 g/mol. The normalized spacial score (nSPS) is 10.8. The molecule has 94 valence electrons. The summed E-state index contributed by atoms with van der Waals surface area (Å²) in [6.07, 6.45) is 1.69. The zero-order valence-electron chi connectivity index (χ0n) is 9.87. The molecule has 15 heavy (non-hydrogen) atoms. The van der Waals surface area contributed by atoms with Gasteiger partial charge in [-0.1, -0.05) is 13.8 Å². The number of hydrogen-bond donors (Lipinski definition) is 5. The van der Waals surface area contributed by atoms with E-state index in [1.807, 2.05) is 13.8 Å². The Labute approximate surface area is 92.3 Å². The van der Waals surface area contributed by atoms with Crippen molar-refractivity contribution in [1.29, 1.82) is 0 Å². The second kappa shape index (κ2) is 11.9. The van der Waals surface area contributed by atoms with Crippen molar-refractivity contribution in [2.75, 3.05) is 32.9 Å². The molecule has 0 saturated carbocycles. The van der Waals surface area contributed by atoms with Crippen LogP contribution in [0.5, 0.6) is 0 Å². The van der Waals surface area contributed by atoms with Crippen molar-refractivity contribution in [3.05, 3.63) is 0 Å². The first kappa shape index (κ1) is 17.2. The molecule has 0 aromatic carbocycles. The van der Waals surface area contributed by atoms with E-state index < -0.39 is 0 Å². The summed E-state index contributed by atoms with van der Waals surface area (Å²) in [4.78, 5) is 0. The first-order valence-electron chi connectivity index (χ1n) is 5.42. The van der Waals surface area contributed by atoms with Gasteiger partial charge < -0.3 is 26.4 Å². The second-order valence-electron chi connectivity index (χ2n) is 3.42. The molecular weight excluding hydrogens is 196 g/mol. The lowest BCUT2D eigenvalue weighted by atomic mass is 9.96. The Bertz CT molecular complexity index is 107. The Morgan fingerprint density at radius 3 is 1.53 bits per heavy atom. The average Bonchev–Trinajstić information content (AvgIpc) is 2.30. The predicted molar refractivity (Wildman–Crippen MR) is 61.6 cm³/mol. The molecule has 0 bridgehead atoms. The van der Waals surface area contributed by atoms with Crippen molar-refractivity contribution in [3.63, 3.8) is 0 Å². The van der Waals surface area contributed by atoms with Crippen LogP contribution in [0.25, 0.3) is 0 Å². The fourth-order valence-electron chi connectivity index (χ4n) is 0.757. The molecule has 0 heterocycles. The van der Waals surface area contributed by atoms with Gasteiger partial charge in [-0.25, -0.2) is 0 Å². The van der Waals surface area contributed by atoms with Gasteiger partial charge in [0, 0.05) is 18.6 Å². The van der Waals surface area contributed by atoms with Gasteiger partial charge in [-0.2, -0.15) is 0 Å². The van der Waals surface area contributed by atoms with Gasteiger partial charge in [0.05, 0.1) is 19.8 Å². The van der Waals surface area contributed by atoms with E-state index in [0.29, 0.717) is 13.1 Å². The van der Waals surface area contributed by atoms with E-state index in [2.05, 4.69) is 5.32 Å². The number of aliphatic hydroxyl groups is 3. The lowest BCUT2D eigenvalue weighted by Crippen LogP contribution is -2.42. The average molecular weight is 222 g/mol. The van der Waals surface area contributed by atoms with Crippen LogP contribution in [0.3, 0.4) is 0 Å². The summed E-state index contributed by atoms with van der Waals surface area (Å²) in [6, 6.07) is 0. The standard InChI is InChI=1S/C6H15NO.C4H11NO2/c1-3-6(7,4-2)5-8;6-3-1-5-2-4-7/h8H,3-5,7H2,1-2H3;5-7H,1-4H2. The molecular formula is C10H26N2O3. The van der Waals surface area contributed by atoms with Gasteiger partial charge in [0.2, 0.25) is 0 Å². The molecule has 0 aromatic rings. The molecule has 5 nitrogen and oxygen atoms in total. The molecule has 0 aliphatic heterocycles. The Kier molecular flexibility index (Phi) is 13.6. The maximum Gasteiger partial charge on any atom is 0.0610 e. The predicted octanol–water partition coefficient (Wildman–Crippen LogP) is -0.943. The first-order chi connectivity index (χ1) is 7.10. The maximum atomic E-state index is 8.66. The van der Waals surface area contributed by atoms with Crippen LogP contribution >= 0.6 is 0 Å². The molecule has 0 aliphatic carbocycles. The summed E-state index contributed by atoms with van der Waals surface area (Å²) in [7, 11) is 0. The Balaban J connectivity index is 0. The lowest BCUT2D eigenvalue weighted by Gasteiger charge is -2.22. The number of hydrogen-bond acceptors (Lipinski definition) is 5. The number of nitrogens with two attached hydrogens (primary N) is 1. The Morgan fingerprint density at radius 1 is 1.00 bits per heavy atom. The van der Waals surface area contributed by atoms with Crippen molar-refractivity contribution >= 4 is 0 Å². The van der Waals surface area contributed by atoms with Crippen LogP contribution in [0.4, 0.5) is 0 Å². The van der Waals surface area contributed by atoms with Crippen LogP contribution < -0.4 is 11.1 Å². The number of aliphatic hydroxyl groups excluding tert-OH is 3. The van der Waals surface area contributed by atoms with Gasteiger partial charge >= 0.3 is 0 Å².